The number of likely N-dealkylation sites (N-methyl/N-ethyl adjacent to an activating group) is 1. The van der Waals surface area contributed by atoms with Crippen LogP contribution in [0.3, 0.4) is 0 Å². The molecule has 3 saturated heterocycles. The quantitative estimate of drug-likeness (QED) is 0.110. The summed E-state index contributed by atoms with van der Waals surface area (Å²) in [4.78, 5) is 18.3. The van der Waals surface area contributed by atoms with E-state index >= 15 is 0 Å². The van der Waals surface area contributed by atoms with E-state index < -0.39 is 119 Å². The van der Waals surface area contributed by atoms with Crippen molar-refractivity contribution in [2.45, 2.75) is 204 Å². The Labute approximate surface area is 383 Å². The molecule has 0 amide bonds. The maximum Gasteiger partial charge on any atom is 0.418 e. The van der Waals surface area contributed by atoms with Gasteiger partial charge in [0.25, 0.3) is 0 Å². The molecule has 19 heteroatoms. The molecule has 0 saturated carbocycles. The predicted octanol–water partition coefficient (Wildman–Crippen LogP) is 4.09. The molecule has 1 aromatic rings. The van der Waals surface area contributed by atoms with Crippen LogP contribution in [0.1, 0.15) is 114 Å². The van der Waals surface area contributed by atoms with E-state index in [1.807, 2.05) is 20.8 Å². The number of aromatic nitrogens is 1. The number of ether oxygens (including phenoxy) is 7. The van der Waals surface area contributed by atoms with Gasteiger partial charge in [-0.05, 0) is 106 Å². The van der Waals surface area contributed by atoms with Gasteiger partial charge in [0.2, 0.25) is 0 Å². The summed E-state index contributed by atoms with van der Waals surface area (Å²) in [6.07, 6.45) is -11.0. The summed E-state index contributed by atoms with van der Waals surface area (Å²) in [6, 6.07) is -0.335. The van der Waals surface area contributed by atoms with E-state index in [2.05, 4.69) is 20.9 Å². The highest BCUT2D eigenvalue weighted by atomic mass is 19.4. The Kier molecular flexibility index (Phi) is 19.1. The third-order valence-corrected chi connectivity index (χ3v) is 14.0. The number of esters is 1. The van der Waals surface area contributed by atoms with Crippen molar-refractivity contribution < 1.29 is 71.5 Å². The van der Waals surface area contributed by atoms with Crippen LogP contribution >= 0.6 is 0 Å². The van der Waals surface area contributed by atoms with Gasteiger partial charge in [-0.3, -0.25) is 9.78 Å². The van der Waals surface area contributed by atoms with Gasteiger partial charge in [0.05, 0.1) is 53.7 Å². The molecule has 3 aliphatic heterocycles. The van der Waals surface area contributed by atoms with E-state index in [-0.39, 0.29) is 44.0 Å². The van der Waals surface area contributed by atoms with Crippen molar-refractivity contribution in [3.63, 3.8) is 0 Å². The average molecular weight is 937 g/mol. The van der Waals surface area contributed by atoms with Crippen LogP contribution in [0, 0.1) is 17.8 Å². The molecular formula is C46H79F3N4O12. The van der Waals surface area contributed by atoms with Crippen LogP contribution in [0.25, 0.3) is 0 Å². The maximum absolute atomic E-state index is 14.5. The fraction of sp³-hybridized carbons (Fsp3) is 0.870. The number of methoxy groups -OCH3 is 1. The number of carbonyl (C=O) groups excluding carboxylic acids is 1. The molecule has 0 aromatic carbocycles. The largest absolute Gasteiger partial charge is 0.482 e. The van der Waals surface area contributed by atoms with Crippen LogP contribution in [-0.4, -0.2) is 155 Å². The van der Waals surface area contributed by atoms with E-state index in [0.29, 0.717) is 19.2 Å². The van der Waals surface area contributed by atoms with Crippen molar-refractivity contribution in [1.82, 2.24) is 20.9 Å². The van der Waals surface area contributed by atoms with Gasteiger partial charge >= 0.3 is 12.1 Å². The van der Waals surface area contributed by atoms with E-state index in [0.717, 1.165) is 12.5 Å². The number of cyclic esters (lactones) is 1. The first kappa shape index (κ1) is 55.3. The van der Waals surface area contributed by atoms with Crippen LogP contribution < -0.4 is 20.7 Å². The Balaban J connectivity index is 1.86. The molecule has 376 valence electrons. The van der Waals surface area contributed by atoms with Crippen molar-refractivity contribution in [2.75, 3.05) is 33.8 Å². The summed E-state index contributed by atoms with van der Waals surface area (Å²) in [6.45, 7) is 20.1. The second kappa shape index (κ2) is 22.4. The lowest BCUT2D eigenvalue weighted by atomic mass is 9.75. The van der Waals surface area contributed by atoms with Crippen LogP contribution in [0.4, 0.5) is 13.2 Å². The maximum atomic E-state index is 14.5. The number of pyridine rings is 1. The fourth-order valence-electron chi connectivity index (χ4n) is 9.92. The van der Waals surface area contributed by atoms with E-state index in [1.54, 1.807) is 55.5 Å². The molecule has 4 rings (SSSR count). The van der Waals surface area contributed by atoms with Gasteiger partial charge in [0, 0.05) is 38.2 Å². The molecule has 3 aliphatic rings. The van der Waals surface area contributed by atoms with Crippen molar-refractivity contribution in [2.24, 2.45) is 17.8 Å². The lowest BCUT2D eigenvalue weighted by Crippen LogP contribution is -2.70. The number of hydrogen-bond acceptors (Lipinski definition) is 16. The molecule has 0 spiro atoms. The second-order valence-corrected chi connectivity index (χ2v) is 19.6. The monoisotopic (exact) mass is 937 g/mol. The Morgan fingerprint density at radius 1 is 0.985 bits per heavy atom. The summed E-state index contributed by atoms with van der Waals surface area (Å²) in [5.74, 6) is -3.31. The minimum atomic E-state index is -4.69. The van der Waals surface area contributed by atoms with Gasteiger partial charge in [-0.25, -0.2) is 0 Å². The number of aliphatic hydroxyl groups excluding tert-OH is 1. The molecule has 16 nitrogen and oxygen atoms in total. The Bertz CT molecular complexity index is 1660. The average Bonchev–Trinajstić information content (AvgIpc) is 3.23. The first-order chi connectivity index (χ1) is 30.2. The van der Waals surface area contributed by atoms with Crippen LogP contribution in [0.15, 0.2) is 18.5 Å². The van der Waals surface area contributed by atoms with E-state index in [4.69, 9.17) is 33.2 Å². The van der Waals surface area contributed by atoms with Crippen LogP contribution in [0.2, 0.25) is 0 Å². The van der Waals surface area contributed by atoms with Gasteiger partial charge in [0.1, 0.15) is 34.8 Å². The van der Waals surface area contributed by atoms with Gasteiger partial charge in [-0.15, -0.1) is 0 Å². The Hall–Kier alpha value is -2.27. The van der Waals surface area contributed by atoms with Crippen molar-refractivity contribution in [1.29, 1.82) is 0 Å². The Morgan fingerprint density at radius 2 is 1.66 bits per heavy atom. The van der Waals surface area contributed by atoms with Crippen molar-refractivity contribution >= 4 is 5.97 Å². The minimum Gasteiger partial charge on any atom is -0.482 e. The first-order valence-corrected chi connectivity index (χ1v) is 23.2. The van der Waals surface area contributed by atoms with Gasteiger partial charge in [0.15, 0.2) is 18.7 Å². The van der Waals surface area contributed by atoms with Gasteiger partial charge in [-0.1, -0.05) is 27.7 Å². The molecule has 3 fully saturated rings. The molecule has 0 radical (unpaired) electrons. The number of carbonyl (C=O) groups is 1. The lowest BCUT2D eigenvalue weighted by molar-refractivity contribution is -0.335. The smallest absolute Gasteiger partial charge is 0.418 e. The second-order valence-electron chi connectivity index (χ2n) is 19.6. The summed E-state index contributed by atoms with van der Waals surface area (Å²) in [5, 5.41) is 57.9. The van der Waals surface area contributed by atoms with E-state index in [9.17, 15) is 38.4 Å². The molecular weight excluding hydrogens is 858 g/mol. The SMILES string of the molecule is CCCNC[C@]1(O)[C@H](C)O[C@@H](O[C@H]2[C@H](C)[C@@H](O[C@@H]3O[C@H](C)C[C@H](NC)[C@H]3Oc3cncc(C(F)(F)F)c3)[C@](C)(O)C[C@@H](C)CN[C@H](C)[C@@H](O)[C@](C)(O)[C@@H](CC)OC(=O)[C@@H]2C)C[C@@]1(C)OC. The van der Waals surface area contributed by atoms with Crippen LogP contribution in [-0.2, 0) is 39.4 Å². The zero-order valence-corrected chi connectivity index (χ0v) is 40.6. The third kappa shape index (κ3) is 12.9. The highest BCUT2D eigenvalue weighted by Gasteiger charge is 2.58. The number of rotatable bonds is 13. The highest BCUT2D eigenvalue weighted by Crippen LogP contribution is 2.43. The zero-order chi connectivity index (χ0) is 48.9. The third-order valence-electron chi connectivity index (χ3n) is 14.0. The highest BCUT2D eigenvalue weighted by molar-refractivity contribution is 5.73. The van der Waals surface area contributed by atoms with Crippen LogP contribution in [0.5, 0.6) is 5.75 Å². The summed E-state index contributed by atoms with van der Waals surface area (Å²) in [7, 11) is 3.18. The number of nitrogens with zero attached hydrogens (tertiary/aromatic N) is 1. The standard InChI is InChI=1S/C46H79F3N4O12/c1-14-16-51-24-45(58)30(8)61-35(20-43(45,10)59-13)64-36-27(5)39(65-41-37(33(50-12)17-26(4)60-41)62-32-18-31(22-52-23-32)46(47,48)49)42(9,56)19-25(3)21-53-29(7)38(54)44(11,57)34(15-2)63-40(55)28(36)6/h18,22-23,25-30,33-39,41,50-51,53-54,56-58H,14-17,19-21,24H2,1-13H3/t25-,26-,27+,28-,29-,30+,33+,34-,35+,36+,37-,38-,39-,41+,42-,43-,44-,45+/m1/s1. The molecule has 7 N–H and O–H groups in total. The molecule has 1 aromatic heterocycles. The number of halogens is 3. The van der Waals surface area contributed by atoms with E-state index in [1.165, 1.54) is 20.2 Å². The predicted molar refractivity (Wildman–Crippen MR) is 235 cm³/mol. The zero-order valence-electron chi connectivity index (χ0n) is 40.6. The number of hydrogen-bond donors (Lipinski definition) is 7. The first-order valence-electron chi connectivity index (χ1n) is 23.2. The van der Waals surface area contributed by atoms with Crippen molar-refractivity contribution in [3.05, 3.63) is 24.0 Å². The molecule has 0 unspecified atom stereocenters. The molecule has 0 aliphatic carbocycles. The van der Waals surface area contributed by atoms with Gasteiger partial charge in [-0.2, -0.15) is 13.2 Å². The minimum absolute atomic E-state index is 0.0121. The normalized spacial score (nSPS) is 43.0. The summed E-state index contributed by atoms with van der Waals surface area (Å²) < 4.78 is 86.5. The topological polar surface area (TPSA) is 212 Å². The molecule has 4 heterocycles. The summed E-state index contributed by atoms with van der Waals surface area (Å²) in [5.41, 5.74) is -7.36. The summed E-state index contributed by atoms with van der Waals surface area (Å²) >= 11 is 0. The molecule has 65 heavy (non-hydrogen) atoms. The number of alkyl halides is 3. The van der Waals surface area contributed by atoms with Gasteiger partial charge < -0.3 is 69.5 Å². The lowest BCUT2D eigenvalue weighted by Gasteiger charge is -2.53. The number of nitrogens with one attached hydrogen (secondary N) is 3. The van der Waals surface area contributed by atoms with Crippen molar-refractivity contribution in [3.8, 4) is 5.75 Å². The molecule has 18 atom stereocenters. The Morgan fingerprint density at radius 3 is 2.26 bits per heavy atom. The fourth-order valence-corrected chi connectivity index (χ4v) is 9.92. The molecule has 0 bridgehead atoms. The number of aliphatic hydroxyl groups is 4.